The van der Waals surface area contributed by atoms with Crippen molar-refractivity contribution in [3.8, 4) is 0 Å². The molecule has 0 aromatic heterocycles. The lowest BCUT2D eigenvalue weighted by atomic mass is 10.0. The standard InChI is InChI=1S/C8H9BrO3/c1-12-7-3-6(9)2-5(4-10)8(7)11/h2-4,7-8,11H,1H3. The quantitative estimate of drug-likeness (QED) is 0.717. The highest BCUT2D eigenvalue weighted by molar-refractivity contribution is 9.11. The van der Waals surface area contributed by atoms with Crippen molar-refractivity contribution in [2.24, 2.45) is 0 Å². The number of halogens is 1. The van der Waals surface area contributed by atoms with Crippen LogP contribution in [0.5, 0.6) is 0 Å². The van der Waals surface area contributed by atoms with Gasteiger partial charge in [-0.05, 0) is 12.2 Å². The minimum atomic E-state index is -0.853. The Kier molecular flexibility index (Phi) is 3.20. The molecule has 2 unspecified atom stereocenters. The molecule has 1 rings (SSSR count). The summed E-state index contributed by atoms with van der Waals surface area (Å²) >= 11 is 3.21. The van der Waals surface area contributed by atoms with Gasteiger partial charge in [-0.15, -0.1) is 0 Å². The minimum Gasteiger partial charge on any atom is -0.385 e. The lowest BCUT2D eigenvalue weighted by Gasteiger charge is -2.22. The van der Waals surface area contributed by atoms with Crippen LogP contribution < -0.4 is 0 Å². The van der Waals surface area contributed by atoms with E-state index in [0.29, 0.717) is 11.9 Å². The second kappa shape index (κ2) is 3.98. The van der Waals surface area contributed by atoms with E-state index in [2.05, 4.69) is 15.9 Å². The number of hydrogen-bond donors (Lipinski definition) is 1. The summed E-state index contributed by atoms with van der Waals surface area (Å²) in [5, 5.41) is 9.46. The summed E-state index contributed by atoms with van der Waals surface area (Å²) in [7, 11) is 1.48. The van der Waals surface area contributed by atoms with Crippen molar-refractivity contribution < 1.29 is 14.6 Å². The lowest BCUT2D eigenvalue weighted by molar-refractivity contribution is -0.106. The summed E-state index contributed by atoms with van der Waals surface area (Å²) in [6.45, 7) is 0. The van der Waals surface area contributed by atoms with Gasteiger partial charge in [-0.25, -0.2) is 0 Å². The third-order valence-electron chi connectivity index (χ3n) is 1.69. The van der Waals surface area contributed by atoms with Crippen LogP contribution in [0.2, 0.25) is 0 Å². The fourth-order valence-corrected chi connectivity index (χ4v) is 1.56. The first-order chi connectivity index (χ1) is 5.69. The van der Waals surface area contributed by atoms with Crippen LogP contribution in [-0.4, -0.2) is 30.7 Å². The molecular weight excluding hydrogens is 224 g/mol. The Hall–Kier alpha value is -0.450. The van der Waals surface area contributed by atoms with E-state index in [1.807, 2.05) is 0 Å². The van der Waals surface area contributed by atoms with Crippen LogP contribution in [-0.2, 0) is 9.53 Å². The second-order valence-corrected chi connectivity index (χ2v) is 3.37. The molecule has 0 aromatic rings. The van der Waals surface area contributed by atoms with E-state index < -0.39 is 12.2 Å². The smallest absolute Gasteiger partial charge is 0.148 e. The van der Waals surface area contributed by atoms with E-state index >= 15 is 0 Å². The minimum absolute atomic E-state index is 0.330. The molecule has 1 aliphatic carbocycles. The van der Waals surface area contributed by atoms with Crippen LogP contribution in [0.25, 0.3) is 0 Å². The van der Waals surface area contributed by atoms with E-state index in [-0.39, 0.29) is 0 Å². The number of aliphatic hydroxyl groups excluding tert-OH is 1. The topological polar surface area (TPSA) is 46.5 Å². The molecule has 0 aliphatic heterocycles. The summed E-state index contributed by atoms with van der Waals surface area (Å²) in [5.41, 5.74) is 0.330. The maximum absolute atomic E-state index is 10.4. The number of methoxy groups -OCH3 is 1. The van der Waals surface area contributed by atoms with E-state index in [1.165, 1.54) is 7.11 Å². The summed E-state index contributed by atoms with van der Waals surface area (Å²) < 4.78 is 5.70. The SMILES string of the molecule is COC1C=C(Br)C=C(C=O)C1O. The predicted molar refractivity (Wildman–Crippen MR) is 48.0 cm³/mol. The molecule has 4 heteroatoms. The van der Waals surface area contributed by atoms with E-state index in [4.69, 9.17) is 4.74 Å². The van der Waals surface area contributed by atoms with Gasteiger partial charge in [-0.2, -0.15) is 0 Å². The van der Waals surface area contributed by atoms with Crippen LogP contribution in [0.15, 0.2) is 22.2 Å². The van der Waals surface area contributed by atoms with Gasteiger partial charge in [-0.1, -0.05) is 15.9 Å². The van der Waals surface area contributed by atoms with Crippen molar-refractivity contribution in [2.45, 2.75) is 12.2 Å². The van der Waals surface area contributed by atoms with Crippen molar-refractivity contribution in [3.63, 3.8) is 0 Å². The van der Waals surface area contributed by atoms with Gasteiger partial charge in [0.25, 0.3) is 0 Å². The molecule has 1 N–H and O–H groups in total. The molecule has 0 aromatic carbocycles. The van der Waals surface area contributed by atoms with Crippen LogP contribution >= 0.6 is 15.9 Å². The molecular formula is C8H9BrO3. The van der Waals surface area contributed by atoms with Gasteiger partial charge in [0.1, 0.15) is 18.5 Å². The van der Waals surface area contributed by atoms with Crippen molar-refractivity contribution in [3.05, 3.63) is 22.2 Å². The number of hydrogen-bond acceptors (Lipinski definition) is 3. The third kappa shape index (κ3) is 1.83. The van der Waals surface area contributed by atoms with Crippen LogP contribution in [0.4, 0.5) is 0 Å². The molecule has 0 spiro atoms. The van der Waals surface area contributed by atoms with Crippen molar-refractivity contribution in [2.75, 3.05) is 7.11 Å². The zero-order valence-corrected chi connectivity index (χ0v) is 8.11. The molecule has 0 bridgehead atoms. The number of aliphatic hydroxyl groups is 1. The maximum Gasteiger partial charge on any atom is 0.148 e. The van der Waals surface area contributed by atoms with Gasteiger partial charge in [0.15, 0.2) is 0 Å². The van der Waals surface area contributed by atoms with E-state index in [1.54, 1.807) is 12.2 Å². The Morgan fingerprint density at radius 3 is 2.92 bits per heavy atom. The summed E-state index contributed by atoms with van der Waals surface area (Å²) in [6, 6.07) is 0. The Labute approximate surface area is 78.8 Å². The summed E-state index contributed by atoms with van der Waals surface area (Å²) in [4.78, 5) is 10.4. The zero-order valence-electron chi connectivity index (χ0n) is 6.53. The average Bonchev–Trinajstić information content (AvgIpc) is 2.08. The number of rotatable bonds is 2. The zero-order chi connectivity index (χ0) is 9.14. The first-order valence-electron chi connectivity index (χ1n) is 3.44. The van der Waals surface area contributed by atoms with Crippen molar-refractivity contribution in [1.82, 2.24) is 0 Å². The molecule has 66 valence electrons. The normalized spacial score (nSPS) is 29.2. The molecule has 3 nitrogen and oxygen atoms in total. The number of allylic oxidation sites excluding steroid dienone is 2. The summed E-state index contributed by atoms with van der Waals surface area (Å²) in [6.07, 6.45) is 2.62. The molecule has 0 heterocycles. The highest BCUT2D eigenvalue weighted by Crippen LogP contribution is 2.22. The highest BCUT2D eigenvalue weighted by atomic mass is 79.9. The molecule has 0 radical (unpaired) electrons. The molecule has 0 saturated heterocycles. The number of aldehydes is 1. The maximum atomic E-state index is 10.4. The Morgan fingerprint density at radius 2 is 2.42 bits per heavy atom. The van der Waals surface area contributed by atoms with Crippen LogP contribution in [0.3, 0.4) is 0 Å². The first kappa shape index (κ1) is 9.64. The molecule has 12 heavy (non-hydrogen) atoms. The Morgan fingerprint density at radius 1 is 1.75 bits per heavy atom. The lowest BCUT2D eigenvalue weighted by Crippen LogP contribution is -2.30. The third-order valence-corrected chi connectivity index (χ3v) is 2.18. The van der Waals surface area contributed by atoms with Crippen LogP contribution in [0.1, 0.15) is 0 Å². The summed E-state index contributed by atoms with van der Waals surface area (Å²) in [5.74, 6) is 0. The van der Waals surface area contributed by atoms with E-state index in [0.717, 1.165) is 4.48 Å². The number of ether oxygens (including phenoxy) is 1. The van der Waals surface area contributed by atoms with Gasteiger partial charge in [0.2, 0.25) is 0 Å². The second-order valence-electron chi connectivity index (χ2n) is 2.46. The first-order valence-corrected chi connectivity index (χ1v) is 4.23. The highest BCUT2D eigenvalue weighted by Gasteiger charge is 2.24. The molecule has 0 amide bonds. The van der Waals surface area contributed by atoms with E-state index in [9.17, 15) is 9.90 Å². The molecule has 0 fully saturated rings. The number of carbonyl (C=O) groups is 1. The molecule has 0 saturated carbocycles. The van der Waals surface area contributed by atoms with Gasteiger partial charge >= 0.3 is 0 Å². The fourth-order valence-electron chi connectivity index (χ4n) is 1.03. The molecule has 1 aliphatic rings. The Bertz CT molecular complexity index is 245. The number of carbonyl (C=O) groups excluding carboxylic acids is 1. The monoisotopic (exact) mass is 232 g/mol. The van der Waals surface area contributed by atoms with Crippen molar-refractivity contribution in [1.29, 1.82) is 0 Å². The van der Waals surface area contributed by atoms with Crippen molar-refractivity contribution >= 4 is 22.2 Å². The average molecular weight is 233 g/mol. The largest absolute Gasteiger partial charge is 0.385 e. The molecule has 2 atom stereocenters. The van der Waals surface area contributed by atoms with Gasteiger partial charge in [0, 0.05) is 17.2 Å². The van der Waals surface area contributed by atoms with Gasteiger partial charge in [0.05, 0.1) is 0 Å². The Balaban J connectivity index is 2.90. The predicted octanol–water partition coefficient (Wildman–Crippen LogP) is 0.780. The van der Waals surface area contributed by atoms with Gasteiger partial charge in [-0.3, -0.25) is 4.79 Å². The fraction of sp³-hybridized carbons (Fsp3) is 0.375. The van der Waals surface area contributed by atoms with Gasteiger partial charge < -0.3 is 9.84 Å². The van der Waals surface area contributed by atoms with Crippen LogP contribution in [0, 0.1) is 0 Å².